The summed E-state index contributed by atoms with van der Waals surface area (Å²) in [6.07, 6.45) is 2.75. The summed E-state index contributed by atoms with van der Waals surface area (Å²) in [7, 11) is 3.17. The van der Waals surface area contributed by atoms with Gasteiger partial charge in [-0.05, 0) is 6.07 Å². The summed E-state index contributed by atoms with van der Waals surface area (Å²) in [5, 5.41) is 12.3. The quantitative estimate of drug-likeness (QED) is 0.837. The smallest absolute Gasteiger partial charge is 0.228 e. The standard InChI is InChI=1S/C14H18N2O4S/c1-16(6-12(17)8-19-2)13(18)5-11-9-21-14(15-11)10-3-4-20-7-10/h3-4,7,9,12,17H,5-6,8H2,1-2H3. The van der Waals surface area contributed by atoms with Crippen molar-refractivity contribution in [2.24, 2.45) is 0 Å². The number of furan rings is 1. The molecule has 0 fully saturated rings. The van der Waals surface area contributed by atoms with Crippen molar-refractivity contribution in [2.45, 2.75) is 12.5 Å². The SMILES string of the molecule is COCC(O)CN(C)C(=O)Cc1csc(-c2ccoc2)n1. The fourth-order valence-corrected chi connectivity index (χ4v) is 2.67. The zero-order chi connectivity index (χ0) is 15.2. The highest BCUT2D eigenvalue weighted by Gasteiger charge is 2.16. The van der Waals surface area contributed by atoms with Crippen LogP contribution in [-0.2, 0) is 16.0 Å². The summed E-state index contributed by atoms with van der Waals surface area (Å²) in [5.74, 6) is -0.0887. The van der Waals surface area contributed by atoms with Gasteiger partial charge in [0.2, 0.25) is 5.91 Å². The Hall–Kier alpha value is -1.70. The molecule has 0 spiro atoms. The number of methoxy groups -OCH3 is 1. The van der Waals surface area contributed by atoms with E-state index in [0.717, 1.165) is 10.6 Å². The fourth-order valence-electron chi connectivity index (χ4n) is 1.86. The molecule has 2 heterocycles. The average Bonchev–Trinajstić information content (AvgIpc) is 3.08. The van der Waals surface area contributed by atoms with Crippen molar-refractivity contribution in [1.29, 1.82) is 0 Å². The molecule has 114 valence electrons. The van der Waals surface area contributed by atoms with E-state index in [1.54, 1.807) is 19.6 Å². The average molecular weight is 310 g/mol. The Bertz CT molecular complexity index is 567. The molecule has 0 radical (unpaired) electrons. The molecule has 2 rings (SSSR count). The van der Waals surface area contributed by atoms with Gasteiger partial charge in [-0.1, -0.05) is 0 Å². The lowest BCUT2D eigenvalue weighted by atomic mass is 10.2. The number of nitrogens with zero attached hydrogens (tertiary/aromatic N) is 2. The molecule has 2 aromatic rings. The summed E-state index contributed by atoms with van der Waals surface area (Å²) >= 11 is 1.47. The molecule has 2 aromatic heterocycles. The highest BCUT2D eigenvalue weighted by atomic mass is 32.1. The maximum absolute atomic E-state index is 12.1. The van der Waals surface area contributed by atoms with Crippen molar-refractivity contribution in [1.82, 2.24) is 9.88 Å². The van der Waals surface area contributed by atoms with Gasteiger partial charge in [0.15, 0.2) is 0 Å². The topological polar surface area (TPSA) is 75.8 Å². The van der Waals surface area contributed by atoms with E-state index in [2.05, 4.69) is 4.98 Å². The molecule has 0 saturated heterocycles. The fraction of sp³-hybridized carbons (Fsp3) is 0.429. The Labute approximate surface area is 127 Å². The molecule has 6 nitrogen and oxygen atoms in total. The number of carbonyl (C=O) groups is 1. The van der Waals surface area contributed by atoms with Gasteiger partial charge in [0.05, 0.1) is 31.1 Å². The van der Waals surface area contributed by atoms with Crippen LogP contribution < -0.4 is 0 Å². The lowest BCUT2D eigenvalue weighted by molar-refractivity contribution is -0.130. The number of aromatic nitrogens is 1. The number of amides is 1. The van der Waals surface area contributed by atoms with Crippen LogP contribution >= 0.6 is 11.3 Å². The first-order chi connectivity index (χ1) is 10.1. The number of rotatable bonds is 7. The van der Waals surface area contributed by atoms with Crippen molar-refractivity contribution in [3.63, 3.8) is 0 Å². The Morgan fingerprint density at radius 3 is 3.10 bits per heavy atom. The lowest BCUT2D eigenvalue weighted by Crippen LogP contribution is -2.37. The van der Waals surface area contributed by atoms with Crippen molar-refractivity contribution < 1.29 is 19.1 Å². The van der Waals surface area contributed by atoms with Crippen LogP contribution in [0.4, 0.5) is 0 Å². The number of hydrogen-bond donors (Lipinski definition) is 1. The lowest BCUT2D eigenvalue weighted by Gasteiger charge is -2.20. The van der Waals surface area contributed by atoms with E-state index in [0.29, 0.717) is 5.69 Å². The molecule has 21 heavy (non-hydrogen) atoms. The van der Waals surface area contributed by atoms with E-state index in [-0.39, 0.29) is 25.5 Å². The molecule has 1 N–H and O–H groups in total. The summed E-state index contributed by atoms with van der Waals surface area (Å²) < 4.78 is 9.86. The van der Waals surface area contributed by atoms with Crippen LogP contribution in [0.3, 0.4) is 0 Å². The van der Waals surface area contributed by atoms with Crippen LogP contribution in [-0.4, -0.2) is 54.3 Å². The minimum Gasteiger partial charge on any atom is -0.472 e. The number of aliphatic hydroxyl groups is 1. The maximum Gasteiger partial charge on any atom is 0.228 e. The molecule has 0 aromatic carbocycles. The number of likely N-dealkylation sites (N-methyl/N-ethyl adjacent to an activating group) is 1. The van der Waals surface area contributed by atoms with Gasteiger partial charge in [-0.25, -0.2) is 4.98 Å². The normalized spacial score (nSPS) is 12.3. The van der Waals surface area contributed by atoms with E-state index in [9.17, 15) is 9.90 Å². The van der Waals surface area contributed by atoms with Crippen molar-refractivity contribution in [2.75, 3.05) is 27.3 Å². The first kappa shape index (κ1) is 15.7. The monoisotopic (exact) mass is 310 g/mol. The Morgan fingerprint density at radius 2 is 2.43 bits per heavy atom. The third-order valence-corrected chi connectivity index (χ3v) is 3.86. The van der Waals surface area contributed by atoms with Gasteiger partial charge in [-0.3, -0.25) is 4.79 Å². The number of hydrogen-bond acceptors (Lipinski definition) is 6. The Morgan fingerprint density at radius 1 is 1.62 bits per heavy atom. The Balaban J connectivity index is 1.90. The van der Waals surface area contributed by atoms with E-state index < -0.39 is 6.10 Å². The maximum atomic E-state index is 12.1. The second-order valence-electron chi connectivity index (χ2n) is 4.72. The summed E-state index contributed by atoms with van der Waals surface area (Å²) in [5.41, 5.74) is 1.62. The molecule has 0 aliphatic rings. The van der Waals surface area contributed by atoms with E-state index in [1.807, 2.05) is 11.4 Å². The first-order valence-electron chi connectivity index (χ1n) is 6.48. The first-order valence-corrected chi connectivity index (χ1v) is 7.36. The van der Waals surface area contributed by atoms with Gasteiger partial charge in [-0.15, -0.1) is 11.3 Å². The number of carbonyl (C=O) groups excluding carboxylic acids is 1. The number of aliphatic hydroxyl groups excluding tert-OH is 1. The molecule has 1 amide bonds. The van der Waals surface area contributed by atoms with Crippen LogP contribution in [0.2, 0.25) is 0 Å². The zero-order valence-corrected chi connectivity index (χ0v) is 12.8. The van der Waals surface area contributed by atoms with Crippen molar-refractivity contribution in [3.8, 4) is 10.6 Å². The summed E-state index contributed by atoms with van der Waals surface area (Å²) in [6.45, 7) is 0.449. The van der Waals surface area contributed by atoms with Gasteiger partial charge < -0.3 is 19.2 Å². The van der Waals surface area contributed by atoms with E-state index >= 15 is 0 Å². The van der Waals surface area contributed by atoms with Gasteiger partial charge in [0.25, 0.3) is 0 Å². The van der Waals surface area contributed by atoms with Gasteiger partial charge in [0, 0.05) is 31.6 Å². The van der Waals surface area contributed by atoms with Crippen LogP contribution in [0.15, 0.2) is 28.4 Å². The predicted octanol–water partition coefficient (Wildman–Crippen LogP) is 1.41. The van der Waals surface area contributed by atoms with Crippen LogP contribution in [0, 0.1) is 0 Å². The molecular formula is C14H18N2O4S. The van der Waals surface area contributed by atoms with E-state index in [1.165, 1.54) is 23.3 Å². The molecule has 0 saturated carbocycles. The van der Waals surface area contributed by atoms with Gasteiger partial charge in [0.1, 0.15) is 11.3 Å². The highest BCUT2D eigenvalue weighted by molar-refractivity contribution is 7.13. The van der Waals surface area contributed by atoms with Crippen LogP contribution in [0.25, 0.3) is 10.6 Å². The van der Waals surface area contributed by atoms with Gasteiger partial charge in [-0.2, -0.15) is 0 Å². The summed E-state index contributed by atoms with van der Waals surface area (Å²) in [4.78, 5) is 18.0. The summed E-state index contributed by atoms with van der Waals surface area (Å²) in [6, 6.07) is 1.83. The van der Waals surface area contributed by atoms with Crippen molar-refractivity contribution in [3.05, 3.63) is 29.7 Å². The molecule has 7 heteroatoms. The Kier molecular flexibility index (Phi) is 5.49. The van der Waals surface area contributed by atoms with E-state index in [4.69, 9.17) is 9.15 Å². The molecule has 0 bridgehead atoms. The second kappa shape index (κ2) is 7.35. The van der Waals surface area contributed by atoms with Crippen LogP contribution in [0.1, 0.15) is 5.69 Å². The molecule has 0 aliphatic carbocycles. The zero-order valence-electron chi connectivity index (χ0n) is 12.0. The molecule has 0 aliphatic heterocycles. The van der Waals surface area contributed by atoms with Crippen molar-refractivity contribution >= 4 is 17.2 Å². The largest absolute Gasteiger partial charge is 0.472 e. The number of thiazole rings is 1. The third-order valence-electron chi connectivity index (χ3n) is 2.92. The van der Waals surface area contributed by atoms with Gasteiger partial charge >= 0.3 is 0 Å². The predicted molar refractivity (Wildman–Crippen MR) is 79.0 cm³/mol. The molecule has 1 atom stereocenters. The minimum atomic E-state index is -0.680. The second-order valence-corrected chi connectivity index (χ2v) is 5.57. The third kappa shape index (κ3) is 4.38. The minimum absolute atomic E-state index is 0.0887. The molecular weight excluding hydrogens is 292 g/mol. The highest BCUT2D eigenvalue weighted by Crippen LogP contribution is 2.24. The molecule has 1 unspecified atom stereocenters. The van der Waals surface area contributed by atoms with Crippen LogP contribution in [0.5, 0.6) is 0 Å². The number of ether oxygens (including phenoxy) is 1.